The maximum absolute atomic E-state index is 9.67. The van der Waals surface area contributed by atoms with E-state index in [1.54, 1.807) is 0 Å². The quantitative estimate of drug-likeness (QED) is 0.260. The molecule has 2 N–H and O–H groups in total. The Labute approximate surface area is 48.8 Å². The fourth-order valence-electron chi connectivity index (χ4n) is 0.123. The molecule has 0 aliphatic rings. The van der Waals surface area contributed by atoms with E-state index in [2.05, 4.69) is 15.7 Å². The highest BCUT2D eigenvalue weighted by Gasteiger charge is 2.02. The summed E-state index contributed by atoms with van der Waals surface area (Å²) in [6.07, 6.45) is 0. The molecule has 4 radical (unpaired) electrons. The third kappa shape index (κ3) is 1.73. The van der Waals surface area contributed by atoms with Crippen LogP contribution in [-0.2, 0) is 4.79 Å². The molecular formula is C3H2B2O3. The monoisotopic (exact) mass is 108 g/mol. The van der Waals surface area contributed by atoms with Gasteiger partial charge < -0.3 is 10.2 Å². The molecule has 38 valence electrons. The van der Waals surface area contributed by atoms with Gasteiger partial charge in [-0.3, -0.25) is 0 Å². The van der Waals surface area contributed by atoms with Gasteiger partial charge in [0.1, 0.15) is 0 Å². The van der Waals surface area contributed by atoms with E-state index in [0.717, 1.165) is 0 Å². The first kappa shape index (κ1) is 7.14. The van der Waals surface area contributed by atoms with Crippen LogP contribution in [0, 0.1) is 0 Å². The summed E-state index contributed by atoms with van der Waals surface area (Å²) in [5.41, 5.74) is 0. The molecule has 0 heterocycles. The predicted molar refractivity (Wildman–Crippen MR) is 28.8 cm³/mol. The summed E-state index contributed by atoms with van der Waals surface area (Å²) in [7, 11) is 9.33. The summed E-state index contributed by atoms with van der Waals surface area (Å²) in [6.45, 7) is 0. The van der Waals surface area contributed by atoms with Gasteiger partial charge in [0, 0.05) is 0 Å². The fraction of sp³-hybridized carbons (Fsp3) is 0. The number of aliphatic hydroxyl groups excluding tert-OH is 1. The normalized spacial score (nSPS) is 8.00. The van der Waals surface area contributed by atoms with Crippen molar-refractivity contribution in [2.24, 2.45) is 0 Å². The van der Waals surface area contributed by atoms with E-state index in [1.165, 1.54) is 0 Å². The first-order chi connectivity index (χ1) is 3.55. The van der Waals surface area contributed by atoms with Crippen molar-refractivity contribution in [3.05, 3.63) is 11.1 Å². The summed E-state index contributed by atoms with van der Waals surface area (Å²) in [4.78, 5) is 9.67. The molecule has 0 spiro atoms. The van der Waals surface area contributed by atoms with Crippen molar-refractivity contribution in [2.75, 3.05) is 0 Å². The van der Waals surface area contributed by atoms with Crippen LogP contribution in [0.2, 0.25) is 0 Å². The maximum atomic E-state index is 9.67. The Morgan fingerprint density at radius 2 is 1.62 bits per heavy atom. The lowest BCUT2D eigenvalue weighted by Gasteiger charge is -1.92. The van der Waals surface area contributed by atoms with E-state index in [9.17, 15) is 4.79 Å². The number of carbonyl (C=O) groups is 1. The van der Waals surface area contributed by atoms with Gasteiger partial charge in [-0.25, -0.2) is 4.79 Å². The molecule has 0 fully saturated rings. The van der Waals surface area contributed by atoms with Gasteiger partial charge in [-0.2, -0.15) is 0 Å². The minimum Gasteiger partial charge on any atom is -0.503 e. The van der Waals surface area contributed by atoms with Gasteiger partial charge in [0.25, 0.3) is 0 Å². The molecule has 5 heteroatoms. The summed E-state index contributed by atoms with van der Waals surface area (Å²) in [5.74, 6) is -2.53. The molecule has 3 nitrogen and oxygen atoms in total. The second kappa shape index (κ2) is 2.45. The Balaban J connectivity index is 4.23. The number of hydrogen-bond acceptors (Lipinski definition) is 2. The van der Waals surface area contributed by atoms with Gasteiger partial charge in [-0.05, 0) is 0 Å². The molecular weight excluding hydrogens is 106 g/mol. The minimum absolute atomic E-state index is 0.586. The first-order valence-corrected chi connectivity index (χ1v) is 1.73. The standard InChI is InChI=1S/C3H2B2O3/c4-2(5)1(6)3(7)8/h6H,(H,7,8). The topological polar surface area (TPSA) is 57.5 Å². The Morgan fingerprint density at radius 1 is 1.25 bits per heavy atom. The molecule has 0 rings (SSSR count). The number of hydrogen-bond donors (Lipinski definition) is 2. The van der Waals surface area contributed by atoms with E-state index < -0.39 is 17.1 Å². The molecule has 0 aromatic heterocycles. The van der Waals surface area contributed by atoms with Crippen LogP contribution in [0.15, 0.2) is 11.1 Å². The highest BCUT2D eigenvalue weighted by Crippen LogP contribution is 1.89. The van der Waals surface area contributed by atoms with Crippen LogP contribution in [0.3, 0.4) is 0 Å². The second-order valence-electron chi connectivity index (χ2n) is 1.11. The van der Waals surface area contributed by atoms with Crippen LogP contribution in [0.5, 0.6) is 0 Å². The lowest BCUT2D eigenvalue weighted by molar-refractivity contribution is -0.135. The lowest BCUT2D eigenvalue weighted by atomic mass is 9.77. The number of aliphatic carboxylic acids is 1. The van der Waals surface area contributed by atoms with Crippen molar-refractivity contribution in [3.63, 3.8) is 0 Å². The smallest absolute Gasteiger partial charge is 0.369 e. The molecule has 0 unspecified atom stereocenters. The zero-order chi connectivity index (χ0) is 6.73. The predicted octanol–water partition coefficient (Wildman–Crippen LogP) is -0.865. The Morgan fingerprint density at radius 3 is 1.62 bits per heavy atom. The minimum atomic E-state index is -1.52. The van der Waals surface area contributed by atoms with Crippen molar-refractivity contribution >= 4 is 21.7 Å². The van der Waals surface area contributed by atoms with E-state index in [1.807, 2.05) is 0 Å². The van der Waals surface area contributed by atoms with Crippen molar-refractivity contribution < 1.29 is 15.0 Å². The molecule has 0 aromatic rings. The van der Waals surface area contributed by atoms with Gasteiger partial charge in [0.15, 0.2) is 5.76 Å². The molecule has 0 saturated heterocycles. The highest BCUT2D eigenvalue weighted by molar-refractivity contribution is 6.49. The van der Waals surface area contributed by atoms with Gasteiger partial charge in [-0.1, -0.05) is 0 Å². The van der Waals surface area contributed by atoms with Gasteiger partial charge in [-0.15, -0.1) is 5.37 Å². The van der Waals surface area contributed by atoms with E-state index in [-0.39, 0.29) is 0 Å². The Bertz CT molecular complexity index is 135. The van der Waals surface area contributed by atoms with Gasteiger partial charge in [0.2, 0.25) is 0 Å². The van der Waals surface area contributed by atoms with Crippen molar-refractivity contribution in [1.82, 2.24) is 0 Å². The fourth-order valence-corrected chi connectivity index (χ4v) is 0.123. The average Bonchev–Trinajstić information content (AvgIpc) is 1.64. The van der Waals surface area contributed by atoms with E-state index in [4.69, 9.17) is 10.2 Å². The summed E-state index contributed by atoms with van der Waals surface area (Å²) < 4.78 is 0. The van der Waals surface area contributed by atoms with Gasteiger partial charge >= 0.3 is 5.97 Å². The third-order valence-electron chi connectivity index (χ3n) is 0.476. The van der Waals surface area contributed by atoms with Crippen LogP contribution in [0.4, 0.5) is 0 Å². The zero-order valence-electron chi connectivity index (χ0n) is 3.96. The second-order valence-corrected chi connectivity index (χ2v) is 1.11. The van der Waals surface area contributed by atoms with Gasteiger partial charge in [0.05, 0.1) is 15.7 Å². The maximum Gasteiger partial charge on any atom is 0.369 e. The summed E-state index contributed by atoms with van der Waals surface area (Å²) in [6, 6.07) is 0. The van der Waals surface area contributed by atoms with Crippen LogP contribution < -0.4 is 0 Å². The SMILES string of the molecule is [B]C([B])=C(O)C(=O)O. The molecule has 0 aliphatic heterocycles. The number of carboxylic acid groups (broad SMARTS) is 1. The number of rotatable bonds is 1. The molecule has 0 aromatic carbocycles. The van der Waals surface area contributed by atoms with Crippen molar-refractivity contribution in [1.29, 1.82) is 0 Å². The van der Waals surface area contributed by atoms with Crippen LogP contribution in [0.1, 0.15) is 0 Å². The van der Waals surface area contributed by atoms with Crippen LogP contribution >= 0.6 is 0 Å². The number of aliphatic hydroxyl groups is 1. The van der Waals surface area contributed by atoms with Crippen molar-refractivity contribution in [3.8, 4) is 0 Å². The average molecular weight is 108 g/mol. The van der Waals surface area contributed by atoms with Crippen LogP contribution in [0.25, 0.3) is 0 Å². The Hall–Kier alpha value is -0.860. The molecule has 8 heavy (non-hydrogen) atoms. The number of carboxylic acids is 1. The molecule has 0 aliphatic carbocycles. The largest absolute Gasteiger partial charge is 0.503 e. The lowest BCUT2D eigenvalue weighted by Crippen LogP contribution is -2.03. The summed E-state index contributed by atoms with van der Waals surface area (Å²) >= 11 is 0. The van der Waals surface area contributed by atoms with Crippen molar-refractivity contribution in [2.45, 2.75) is 0 Å². The molecule has 0 atom stereocenters. The molecule has 0 saturated carbocycles. The highest BCUT2D eigenvalue weighted by atomic mass is 16.4. The molecule has 0 bridgehead atoms. The van der Waals surface area contributed by atoms with E-state index >= 15 is 0 Å². The van der Waals surface area contributed by atoms with E-state index in [0.29, 0.717) is 0 Å². The molecule has 0 amide bonds. The first-order valence-electron chi connectivity index (χ1n) is 1.73. The Kier molecular flexibility index (Phi) is 2.18. The third-order valence-corrected chi connectivity index (χ3v) is 0.476. The zero-order valence-corrected chi connectivity index (χ0v) is 3.96. The van der Waals surface area contributed by atoms with Crippen LogP contribution in [-0.4, -0.2) is 31.9 Å². The summed E-state index contributed by atoms with van der Waals surface area (Å²) in [5, 5.41) is 15.5.